The first-order valence-corrected chi connectivity index (χ1v) is 12.3. The topological polar surface area (TPSA) is 78.2 Å². The molecule has 1 aliphatic carbocycles. The normalized spacial score (nSPS) is 17.6. The van der Waals surface area contributed by atoms with Crippen molar-refractivity contribution >= 4 is 11.9 Å². The molecule has 190 valence electrons. The smallest absolute Gasteiger partial charge is 0.330 e. The van der Waals surface area contributed by atoms with Gasteiger partial charge in [-0.05, 0) is 49.3 Å². The van der Waals surface area contributed by atoms with E-state index in [1.165, 1.54) is 6.08 Å². The maximum absolute atomic E-state index is 13.3. The summed E-state index contributed by atoms with van der Waals surface area (Å²) in [6, 6.07) is 20.2. The Balaban J connectivity index is 0.00000361. The highest BCUT2D eigenvalue weighted by Gasteiger charge is 2.51. The number of halogens is 1. The number of benzene rings is 2. The Labute approximate surface area is 223 Å². The van der Waals surface area contributed by atoms with Crippen LogP contribution in [0.3, 0.4) is 0 Å². The van der Waals surface area contributed by atoms with Crippen LogP contribution < -0.4 is 27.3 Å². The van der Waals surface area contributed by atoms with Gasteiger partial charge in [0.15, 0.2) is 0 Å². The molecule has 0 saturated heterocycles. The molecular formula is C29H34BrN3O3. The molecule has 0 aliphatic heterocycles. The molecule has 2 atom stereocenters. The van der Waals surface area contributed by atoms with E-state index in [2.05, 4.69) is 22.3 Å². The van der Waals surface area contributed by atoms with Crippen LogP contribution in [0.2, 0.25) is 0 Å². The molecule has 7 heteroatoms. The third kappa shape index (κ3) is 5.31. The summed E-state index contributed by atoms with van der Waals surface area (Å²) in [6.45, 7) is 4.84. The van der Waals surface area contributed by atoms with Crippen molar-refractivity contribution in [3.63, 3.8) is 0 Å². The fourth-order valence-electron chi connectivity index (χ4n) is 5.68. The highest BCUT2D eigenvalue weighted by Crippen LogP contribution is 2.49. The number of allylic oxidation sites excluding steroid dienone is 1. The number of nitrogens with zero attached hydrogens (tertiary/aromatic N) is 2. The first-order chi connectivity index (χ1) is 17.0. The van der Waals surface area contributed by atoms with Crippen molar-refractivity contribution in [1.82, 2.24) is 4.57 Å². The summed E-state index contributed by atoms with van der Waals surface area (Å²) in [4.78, 5) is 24.9. The van der Waals surface area contributed by atoms with Gasteiger partial charge in [0.25, 0.3) is 5.82 Å². The fraction of sp³-hybridized carbons (Fsp3) is 0.345. The van der Waals surface area contributed by atoms with Gasteiger partial charge in [-0.15, -0.1) is 0 Å². The fourth-order valence-corrected chi connectivity index (χ4v) is 5.68. The van der Waals surface area contributed by atoms with Gasteiger partial charge in [-0.2, -0.15) is 0 Å². The molecule has 4 rings (SSSR count). The minimum absolute atomic E-state index is 0. The van der Waals surface area contributed by atoms with E-state index >= 15 is 0 Å². The predicted molar refractivity (Wildman–Crippen MR) is 134 cm³/mol. The quantitative estimate of drug-likeness (QED) is 0.245. The molecule has 1 aromatic heterocycles. The van der Waals surface area contributed by atoms with Crippen LogP contribution >= 0.6 is 0 Å². The molecule has 2 unspecified atom stereocenters. The number of amides is 1. The number of carbonyl (C=O) groups is 2. The predicted octanol–water partition coefficient (Wildman–Crippen LogP) is 1.02. The van der Waals surface area contributed by atoms with Gasteiger partial charge < -0.3 is 27.5 Å². The zero-order chi connectivity index (χ0) is 24.8. The van der Waals surface area contributed by atoms with Gasteiger partial charge in [0.2, 0.25) is 5.91 Å². The van der Waals surface area contributed by atoms with Crippen molar-refractivity contribution in [2.24, 2.45) is 11.7 Å². The molecule has 0 spiro atoms. The maximum Gasteiger partial charge on any atom is 0.330 e. The molecule has 1 saturated carbocycles. The second-order valence-corrected chi connectivity index (χ2v) is 9.13. The average Bonchev–Trinajstić information content (AvgIpc) is 3.48. The van der Waals surface area contributed by atoms with Crippen molar-refractivity contribution in [3.8, 4) is 0 Å². The summed E-state index contributed by atoms with van der Waals surface area (Å²) in [6.07, 6.45) is 10.1. The van der Waals surface area contributed by atoms with Crippen molar-refractivity contribution in [2.75, 3.05) is 6.61 Å². The third-order valence-corrected chi connectivity index (χ3v) is 7.30. The number of aromatic nitrogens is 2. The molecular weight excluding hydrogens is 518 g/mol. The Morgan fingerprint density at radius 1 is 1.08 bits per heavy atom. The Hall–Kier alpha value is -3.19. The third-order valence-electron chi connectivity index (χ3n) is 7.30. The van der Waals surface area contributed by atoms with Crippen molar-refractivity contribution in [1.29, 1.82) is 0 Å². The Morgan fingerprint density at radius 3 is 2.25 bits per heavy atom. The molecule has 1 aliphatic rings. The van der Waals surface area contributed by atoms with Crippen LogP contribution in [0, 0.1) is 12.8 Å². The van der Waals surface area contributed by atoms with Crippen molar-refractivity contribution in [2.45, 2.75) is 51.1 Å². The molecule has 1 amide bonds. The molecule has 0 radical (unpaired) electrons. The number of nitrogens with two attached hydrogens (primary N) is 1. The van der Waals surface area contributed by atoms with E-state index in [1.807, 2.05) is 72.9 Å². The van der Waals surface area contributed by atoms with Crippen LogP contribution in [0.4, 0.5) is 0 Å². The van der Waals surface area contributed by atoms with Crippen LogP contribution in [0.5, 0.6) is 0 Å². The molecule has 0 bridgehead atoms. The first kappa shape index (κ1) is 27.4. The number of hydrogen-bond acceptors (Lipinski definition) is 3. The van der Waals surface area contributed by atoms with Crippen LogP contribution in [-0.2, 0) is 26.3 Å². The number of carbonyl (C=O) groups excluding carboxylic acids is 2. The largest absolute Gasteiger partial charge is 1.00 e. The second kappa shape index (κ2) is 12.2. The molecule has 2 aromatic carbocycles. The van der Waals surface area contributed by atoms with Crippen LogP contribution in [-0.4, -0.2) is 23.1 Å². The van der Waals surface area contributed by atoms with Gasteiger partial charge in [0.1, 0.15) is 30.4 Å². The highest BCUT2D eigenvalue weighted by molar-refractivity contribution is 5.91. The second-order valence-electron chi connectivity index (χ2n) is 9.13. The van der Waals surface area contributed by atoms with Crippen LogP contribution in [0.25, 0.3) is 0 Å². The standard InChI is InChI=1S/C29H33N3O3.BrH/c1-3-35-27(33)15-10-18-31-19-20-32(22(31)2)26-17-16-25(21-26)29(28(30)34,23-11-6-4-7-12-23)24-13-8-5-9-14-24;/h4-15,19-20,25-26H,3,16-18,21H2,1-2H3,(H-,30,34);1H. The summed E-state index contributed by atoms with van der Waals surface area (Å²) in [5, 5.41) is 0. The van der Waals surface area contributed by atoms with E-state index in [0.717, 1.165) is 36.2 Å². The van der Waals surface area contributed by atoms with E-state index in [1.54, 1.807) is 6.92 Å². The van der Waals surface area contributed by atoms with Gasteiger partial charge in [-0.3, -0.25) is 4.79 Å². The van der Waals surface area contributed by atoms with Gasteiger partial charge in [0, 0.05) is 13.0 Å². The van der Waals surface area contributed by atoms with Gasteiger partial charge in [-0.25, -0.2) is 13.9 Å². The van der Waals surface area contributed by atoms with Gasteiger partial charge >= 0.3 is 5.97 Å². The van der Waals surface area contributed by atoms with Crippen molar-refractivity contribution < 1.29 is 35.9 Å². The summed E-state index contributed by atoms with van der Waals surface area (Å²) in [5.41, 5.74) is 7.26. The van der Waals surface area contributed by atoms with Gasteiger partial charge in [0.05, 0.1) is 6.61 Å². The summed E-state index contributed by atoms with van der Waals surface area (Å²) < 4.78 is 9.36. The lowest BCUT2D eigenvalue weighted by Gasteiger charge is -2.37. The van der Waals surface area contributed by atoms with Crippen LogP contribution in [0.1, 0.15) is 49.2 Å². The molecule has 3 aromatic rings. The number of imidazole rings is 1. The van der Waals surface area contributed by atoms with Gasteiger partial charge in [-0.1, -0.05) is 60.7 Å². The number of hydrogen-bond donors (Lipinski definition) is 1. The lowest BCUT2D eigenvalue weighted by molar-refractivity contribution is -0.692. The number of esters is 1. The maximum atomic E-state index is 13.3. The number of primary amides is 1. The van der Waals surface area contributed by atoms with Crippen LogP contribution in [0.15, 0.2) is 85.2 Å². The zero-order valence-corrected chi connectivity index (χ0v) is 22.4. The molecule has 1 heterocycles. The number of ether oxygens (including phenoxy) is 1. The SMILES string of the molecule is CCOC(=O)C=CC[n+]1ccn(C2CCC(C(C(N)=O)(c3ccccc3)c3ccccc3)C2)c1C.[Br-]. The lowest BCUT2D eigenvalue weighted by Crippen LogP contribution is -3.00. The minimum atomic E-state index is -0.878. The lowest BCUT2D eigenvalue weighted by atomic mass is 9.64. The first-order valence-electron chi connectivity index (χ1n) is 12.3. The Morgan fingerprint density at radius 2 is 1.69 bits per heavy atom. The van der Waals surface area contributed by atoms with E-state index in [9.17, 15) is 9.59 Å². The van der Waals surface area contributed by atoms with E-state index in [4.69, 9.17) is 10.5 Å². The van der Waals surface area contributed by atoms with E-state index < -0.39 is 5.41 Å². The molecule has 36 heavy (non-hydrogen) atoms. The molecule has 2 N–H and O–H groups in total. The summed E-state index contributed by atoms with van der Waals surface area (Å²) >= 11 is 0. The zero-order valence-electron chi connectivity index (χ0n) is 20.8. The minimum Gasteiger partial charge on any atom is -1.00 e. The molecule has 6 nitrogen and oxygen atoms in total. The van der Waals surface area contributed by atoms with E-state index in [0.29, 0.717) is 13.2 Å². The van der Waals surface area contributed by atoms with Crippen molar-refractivity contribution in [3.05, 3.63) is 102 Å². The average molecular weight is 553 g/mol. The summed E-state index contributed by atoms with van der Waals surface area (Å²) in [5.74, 6) is 0.555. The van der Waals surface area contributed by atoms with E-state index in [-0.39, 0.29) is 40.8 Å². The Kier molecular flexibility index (Phi) is 9.26. The Bertz CT molecular complexity index is 1150. The monoisotopic (exact) mass is 551 g/mol. The molecule has 1 fully saturated rings. The highest BCUT2D eigenvalue weighted by atomic mass is 79.9. The summed E-state index contributed by atoms with van der Waals surface area (Å²) in [7, 11) is 0. The number of rotatable bonds is 9.